The summed E-state index contributed by atoms with van der Waals surface area (Å²) in [5.74, 6) is 0.132. The molecule has 20 heavy (non-hydrogen) atoms. The first kappa shape index (κ1) is 14.8. The van der Waals surface area contributed by atoms with Gasteiger partial charge in [-0.15, -0.1) is 0 Å². The molecular weight excluding hydrogens is 281 g/mol. The predicted molar refractivity (Wildman–Crippen MR) is 76.4 cm³/mol. The Morgan fingerprint density at radius 2 is 2.15 bits per heavy atom. The maximum absolute atomic E-state index is 13.5. The number of hydrogen-bond donors (Lipinski definition) is 1. The number of aromatic nitrogens is 2. The van der Waals surface area contributed by atoms with Crippen molar-refractivity contribution in [3.63, 3.8) is 0 Å². The predicted octanol–water partition coefficient (Wildman–Crippen LogP) is 2.60. The van der Waals surface area contributed by atoms with Gasteiger partial charge in [-0.3, -0.25) is 4.68 Å². The molecule has 2 aromatic rings. The van der Waals surface area contributed by atoms with Crippen molar-refractivity contribution >= 4 is 11.6 Å². The van der Waals surface area contributed by atoms with Crippen LogP contribution in [0.5, 0.6) is 5.75 Å². The highest BCUT2D eigenvalue weighted by molar-refractivity contribution is 6.30. The van der Waals surface area contributed by atoms with Crippen LogP contribution in [-0.2, 0) is 20.1 Å². The summed E-state index contributed by atoms with van der Waals surface area (Å²) in [6.45, 7) is 2.58. The first-order valence-corrected chi connectivity index (χ1v) is 6.69. The minimum atomic E-state index is -0.333. The molecular formula is C14H17ClFN3O. The van der Waals surface area contributed by atoms with Gasteiger partial charge in [-0.2, -0.15) is 5.10 Å². The van der Waals surface area contributed by atoms with Crippen molar-refractivity contribution < 1.29 is 9.13 Å². The minimum absolute atomic E-state index is 0.254. The van der Waals surface area contributed by atoms with Crippen LogP contribution in [-0.4, -0.2) is 16.3 Å². The summed E-state index contributed by atoms with van der Waals surface area (Å²) in [6, 6.07) is 4.59. The van der Waals surface area contributed by atoms with Gasteiger partial charge in [0, 0.05) is 18.7 Å². The van der Waals surface area contributed by atoms with E-state index in [1.807, 2.05) is 6.92 Å². The van der Waals surface area contributed by atoms with E-state index in [0.29, 0.717) is 23.9 Å². The zero-order chi connectivity index (χ0) is 14.7. The second kappa shape index (κ2) is 6.24. The summed E-state index contributed by atoms with van der Waals surface area (Å²) >= 11 is 6.12. The third-order valence-electron chi connectivity index (χ3n) is 3.02. The van der Waals surface area contributed by atoms with E-state index in [4.69, 9.17) is 22.1 Å². The molecule has 1 heterocycles. The molecule has 0 saturated carbocycles. The van der Waals surface area contributed by atoms with Gasteiger partial charge in [0.05, 0.1) is 5.69 Å². The van der Waals surface area contributed by atoms with Gasteiger partial charge in [0.25, 0.3) is 0 Å². The Balaban J connectivity index is 2.14. The maximum atomic E-state index is 13.5. The average Bonchev–Trinajstić information content (AvgIpc) is 2.61. The second-order valence-electron chi connectivity index (χ2n) is 4.60. The molecule has 1 aromatic heterocycles. The summed E-state index contributed by atoms with van der Waals surface area (Å²) in [7, 11) is 1.76. The smallest absolute Gasteiger partial charge is 0.133 e. The van der Waals surface area contributed by atoms with Crippen LogP contribution in [0.25, 0.3) is 0 Å². The molecule has 0 radical (unpaired) electrons. The Hall–Kier alpha value is -1.59. The monoisotopic (exact) mass is 297 g/mol. The van der Waals surface area contributed by atoms with Crippen molar-refractivity contribution in [3.8, 4) is 5.75 Å². The van der Waals surface area contributed by atoms with E-state index in [0.717, 1.165) is 16.8 Å². The van der Waals surface area contributed by atoms with Gasteiger partial charge in [0.15, 0.2) is 0 Å². The van der Waals surface area contributed by atoms with Crippen molar-refractivity contribution in [2.75, 3.05) is 6.54 Å². The standard InChI is InChI=1S/C14H17ClFN3O/c1-9-13(14(15)19(2)18-9)8-20-12-6-10(3-4-17)5-11(16)7-12/h5-7H,3-4,8,17H2,1-2H3. The van der Waals surface area contributed by atoms with Crippen LogP contribution in [0.15, 0.2) is 18.2 Å². The highest BCUT2D eigenvalue weighted by Crippen LogP contribution is 2.22. The highest BCUT2D eigenvalue weighted by atomic mass is 35.5. The second-order valence-corrected chi connectivity index (χ2v) is 4.96. The van der Waals surface area contributed by atoms with Gasteiger partial charge in [0.2, 0.25) is 0 Å². The molecule has 0 saturated heterocycles. The fourth-order valence-electron chi connectivity index (χ4n) is 2.01. The van der Waals surface area contributed by atoms with Crippen molar-refractivity contribution in [3.05, 3.63) is 46.0 Å². The number of benzene rings is 1. The number of rotatable bonds is 5. The molecule has 0 spiro atoms. The molecule has 0 atom stereocenters. The molecule has 2 rings (SSSR count). The van der Waals surface area contributed by atoms with Gasteiger partial charge in [-0.05, 0) is 37.6 Å². The topological polar surface area (TPSA) is 53.1 Å². The molecule has 0 unspecified atom stereocenters. The summed E-state index contributed by atoms with van der Waals surface area (Å²) in [4.78, 5) is 0. The fraction of sp³-hybridized carbons (Fsp3) is 0.357. The number of ether oxygens (including phenoxy) is 1. The lowest BCUT2D eigenvalue weighted by Crippen LogP contribution is -2.04. The van der Waals surface area contributed by atoms with E-state index in [1.165, 1.54) is 12.1 Å². The van der Waals surface area contributed by atoms with Crippen LogP contribution in [0.3, 0.4) is 0 Å². The van der Waals surface area contributed by atoms with Gasteiger partial charge >= 0.3 is 0 Å². The highest BCUT2D eigenvalue weighted by Gasteiger charge is 2.12. The van der Waals surface area contributed by atoms with Gasteiger partial charge in [0.1, 0.15) is 23.3 Å². The van der Waals surface area contributed by atoms with E-state index in [1.54, 1.807) is 17.8 Å². The lowest BCUT2D eigenvalue weighted by Gasteiger charge is -2.08. The zero-order valence-electron chi connectivity index (χ0n) is 11.5. The largest absolute Gasteiger partial charge is 0.489 e. The lowest BCUT2D eigenvalue weighted by molar-refractivity contribution is 0.303. The Labute approximate surface area is 122 Å². The van der Waals surface area contributed by atoms with Crippen molar-refractivity contribution in [2.45, 2.75) is 20.0 Å². The Morgan fingerprint density at radius 3 is 2.75 bits per heavy atom. The Bertz CT molecular complexity index is 613. The van der Waals surface area contributed by atoms with Crippen molar-refractivity contribution in [2.24, 2.45) is 12.8 Å². The van der Waals surface area contributed by atoms with Gasteiger partial charge in [-0.25, -0.2) is 4.39 Å². The average molecular weight is 298 g/mol. The normalized spacial score (nSPS) is 10.8. The molecule has 0 fully saturated rings. The zero-order valence-corrected chi connectivity index (χ0v) is 12.2. The molecule has 4 nitrogen and oxygen atoms in total. The van der Waals surface area contributed by atoms with Crippen LogP contribution in [0.4, 0.5) is 4.39 Å². The summed E-state index contributed by atoms with van der Waals surface area (Å²) in [6.07, 6.45) is 0.612. The van der Waals surface area contributed by atoms with E-state index >= 15 is 0 Å². The molecule has 2 N–H and O–H groups in total. The van der Waals surface area contributed by atoms with E-state index < -0.39 is 0 Å². The van der Waals surface area contributed by atoms with E-state index in [-0.39, 0.29) is 12.4 Å². The number of aryl methyl sites for hydroxylation is 2. The molecule has 108 valence electrons. The summed E-state index contributed by atoms with van der Waals surface area (Å²) < 4.78 is 20.7. The number of nitrogens with zero attached hydrogens (tertiary/aromatic N) is 2. The Kier molecular flexibility index (Phi) is 4.62. The molecule has 0 aliphatic carbocycles. The lowest BCUT2D eigenvalue weighted by atomic mass is 10.1. The van der Waals surface area contributed by atoms with Crippen molar-refractivity contribution in [1.29, 1.82) is 0 Å². The van der Waals surface area contributed by atoms with Crippen LogP contribution >= 0.6 is 11.6 Å². The number of halogens is 2. The number of hydrogen-bond acceptors (Lipinski definition) is 3. The fourth-order valence-corrected chi connectivity index (χ4v) is 2.24. The summed E-state index contributed by atoms with van der Waals surface area (Å²) in [5.41, 5.74) is 7.90. The van der Waals surface area contributed by atoms with Crippen LogP contribution < -0.4 is 10.5 Å². The van der Waals surface area contributed by atoms with E-state index in [2.05, 4.69) is 5.10 Å². The van der Waals surface area contributed by atoms with Gasteiger partial charge < -0.3 is 10.5 Å². The Morgan fingerprint density at radius 1 is 1.40 bits per heavy atom. The molecule has 0 bridgehead atoms. The molecule has 0 aliphatic heterocycles. The molecule has 0 aliphatic rings. The third kappa shape index (κ3) is 3.29. The van der Waals surface area contributed by atoms with Crippen molar-refractivity contribution in [1.82, 2.24) is 9.78 Å². The first-order valence-electron chi connectivity index (χ1n) is 6.31. The SMILES string of the molecule is Cc1nn(C)c(Cl)c1COc1cc(F)cc(CCN)c1. The first-order chi connectivity index (χ1) is 9.51. The van der Waals surface area contributed by atoms with Crippen LogP contribution in [0, 0.1) is 12.7 Å². The summed E-state index contributed by atoms with van der Waals surface area (Å²) in [5, 5.41) is 4.73. The molecule has 1 aromatic carbocycles. The maximum Gasteiger partial charge on any atom is 0.133 e. The number of nitrogens with two attached hydrogens (primary N) is 1. The van der Waals surface area contributed by atoms with E-state index in [9.17, 15) is 4.39 Å². The molecule has 0 amide bonds. The molecule has 6 heteroatoms. The van der Waals surface area contributed by atoms with Crippen LogP contribution in [0.2, 0.25) is 5.15 Å². The quantitative estimate of drug-likeness (QED) is 0.923. The third-order valence-corrected chi connectivity index (χ3v) is 3.49. The van der Waals surface area contributed by atoms with Crippen LogP contribution in [0.1, 0.15) is 16.8 Å². The van der Waals surface area contributed by atoms with Gasteiger partial charge in [-0.1, -0.05) is 11.6 Å². The minimum Gasteiger partial charge on any atom is -0.489 e.